The van der Waals surface area contributed by atoms with E-state index in [1.54, 1.807) is 6.92 Å². The monoisotopic (exact) mass is 286 g/mol. The lowest BCUT2D eigenvalue weighted by Gasteiger charge is -2.22. The van der Waals surface area contributed by atoms with Crippen LogP contribution in [0.4, 0.5) is 11.5 Å². The smallest absolute Gasteiger partial charge is 0.333 e. The van der Waals surface area contributed by atoms with Gasteiger partial charge in [-0.2, -0.15) is 5.10 Å². The molecule has 0 spiro atoms. The molecule has 9 nitrogen and oxygen atoms in total. The number of rotatable bonds is 8. The van der Waals surface area contributed by atoms with Crippen molar-refractivity contribution in [2.75, 3.05) is 31.7 Å². The second-order valence-electron chi connectivity index (χ2n) is 4.14. The number of carboxylic acid groups (broad SMARTS) is 1. The van der Waals surface area contributed by atoms with E-state index in [-0.39, 0.29) is 36.9 Å². The van der Waals surface area contributed by atoms with Gasteiger partial charge in [-0.1, -0.05) is 0 Å². The summed E-state index contributed by atoms with van der Waals surface area (Å²) < 4.78 is 6.36. The van der Waals surface area contributed by atoms with Gasteiger partial charge >= 0.3 is 11.7 Å². The van der Waals surface area contributed by atoms with Crippen molar-refractivity contribution in [3.05, 3.63) is 15.8 Å². The summed E-state index contributed by atoms with van der Waals surface area (Å²) in [5.41, 5.74) is 0.101. The van der Waals surface area contributed by atoms with Crippen molar-refractivity contribution in [3.8, 4) is 0 Å². The van der Waals surface area contributed by atoms with Gasteiger partial charge in [0, 0.05) is 20.2 Å². The van der Waals surface area contributed by atoms with Crippen LogP contribution >= 0.6 is 0 Å². The van der Waals surface area contributed by atoms with E-state index in [1.165, 1.54) is 23.6 Å². The van der Waals surface area contributed by atoms with Crippen LogP contribution in [-0.4, -0.2) is 52.6 Å². The van der Waals surface area contributed by atoms with Crippen LogP contribution in [0.2, 0.25) is 0 Å². The largest absolute Gasteiger partial charge is 0.480 e. The van der Waals surface area contributed by atoms with E-state index in [1.807, 2.05) is 0 Å². The van der Waals surface area contributed by atoms with Crippen molar-refractivity contribution in [2.24, 2.45) is 0 Å². The molecule has 9 heteroatoms. The molecule has 1 aromatic rings. The number of ether oxygens (including phenoxy) is 1. The maximum absolute atomic E-state index is 11.2. The zero-order valence-corrected chi connectivity index (χ0v) is 11.7. The first-order valence-corrected chi connectivity index (χ1v) is 6.09. The van der Waals surface area contributed by atoms with Gasteiger partial charge in [0.25, 0.3) is 0 Å². The Kier molecular flexibility index (Phi) is 5.44. The molecule has 0 atom stereocenters. The third kappa shape index (κ3) is 3.44. The Bertz CT molecular complexity index is 499. The molecule has 0 fully saturated rings. The standard InChI is InChI=1S/C11H18N4O5/c1-4-14-11(10(15(18)19)8(2)12-14)13(5-6-20-3)7-9(16)17/h4-7H2,1-3H3,(H,16,17). The number of hydrogen-bond donors (Lipinski definition) is 1. The third-order valence-corrected chi connectivity index (χ3v) is 2.74. The quantitative estimate of drug-likeness (QED) is 0.552. The van der Waals surface area contributed by atoms with Gasteiger partial charge in [0.1, 0.15) is 12.2 Å². The maximum atomic E-state index is 11.2. The topological polar surface area (TPSA) is 111 Å². The van der Waals surface area contributed by atoms with E-state index >= 15 is 0 Å². The first kappa shape index (κ1) is 15.9. The number of anilines is 1. The van der Waals surface area contributed by atoms with Gasteiger partial charge in [-0.15, -0.1) is 0 Å². The fourth-order valence-corrected chi connectivity index (χ4v) is 1.93. The highest BCUT2D eigenvalue weighted by molar-refractivity contribution is 5.75. The van der Waals surface area contributed by atoms with Crippen LogP contribution in [0.15, 0.2) is 0 Å². The Hall–Kier alpha value is -2.16. The Morgan fingerprint density at radius 3 is 2.70 bits per heavy atom. The minimum absolute atomic E-state index is 0.163. The average Bonchev–Trinajstić information content (AvgIpc) is 2.70. The van der Waals surface area contributed by atoms with Crippen molar-refractivity contribution < 1.29 is 19.6 Å². The number of nitrogens with zero attached hydrogens (tertiary/aromatic N) is 4. The molecule has 1 aromatic heterocycles. The van der Waals surface area contributed by atoms with Gasteiger partial charge in [-0.05, 0) is 13.8 Å². The minimum atomic E-state index is -1.07. The molecule has 1 rings (SSSR count). The highest BCUT2D eigenvalue weighted by Gasteiger charge is 2.30. The van der Waals surface area contributed by atoms with Crippen molar-refractivity contribution in [1.82, 2.24) is 9.78 Å². The number of aromatic nitrogens is 2. The van der Waals surface area contributed by atoms with Gasteiger partial charge in [0.15, 0.2) is 0 Å². The normalized spacial score (nSPS) is 10.6. The molecule has 0 amide bonds. The lowest BCUT2D eigenvalue weighted by Crippen LogP contribution is -2.34. The van der Waals surface area contributed by atoms with Crippen molar-refractivity contribution >= 4 is 17.5 Å². The number of carbonyl (C=O) groups is 1. The van der Waals surface area contributed by atoms with Gasteiger partial charge in [-0.25, -0.2) is 4.68 Å². The van der Waals surface area contributed by atoms with Crippen molar-refractivity contribution in [1.29, 1.82) is 0 Å². The molecule has 0 saturated heterocycles. The fourth-order valence-electron chi connectivity index (χ4n) is 1.93. The summed E-state index contributed by atoms with van der Waals surface area (Å²) in [7, 11) is 1.48. The molecule has 112 valence electrons. The van der Waals surface area contributed by atoms with Crippen molar-refractivity contribution in [2.45, 2.75) is 20.4 Å². The van der Waals surface area contributed by atoms with E-state index in [9.17, 15) is 14.9 Å². The SMILES string of the molecule is CCn1nc(C)c([N+](=O)[O-])c1N(CCOC)CC(=O)O. The molecule has 0 radical (unpaired) electrons. The molecule has 0 bridgehead atoms. The Balaban J connectivity index is 3.28. The molecule has 20 heavy (non-hydrogen) atoms. The second-order valence-corrected chi connectivity index (χ2v) is 4.14. The highest BCUT2D eigenvalue weighted by atomic mass is 16.6. The number of hydrogen-bond acceptors (Lipinski definition) is 6. The Morgan fingerprint density at radius 2 is 2.25 bits per heavy atom. The fraction of sp³-hybridized carbons (Fsp3) is 0.636. The van der Waals surface area contributed by atoms with Crippen LogP contribution in [0.1, 0.15) is 12.6 Å². The molecular weight excluding hydrogens is 268 g/mol. The molecule has 0 aliphatic carbocycles. The molecular formula is C11H18N4O5. The Morgan fingerprint density at radius 1 is 1.60 bits per heavy atom. The van der Waals surface area contributed by atoms with E-state index in [0.29, 0.717) is 6.54 Å². The number of methoxy groups -OCH3 is 1. The average molecular weight is 286 g/mol. The van der Waals surface area contributed by atoms with Crippen molar-refractivity contribution in [3.63, 3.8) is 0 Å². The molecule has 0 unspecified atom stereocenters. The first-order valence-electron chi connectivity index (χ1n) is 6.09. The van der Waals surface area contributed by atoms with Gasteiger partial charge in [-0.3, -0.25) is 14.9 Å². The minimum Gasteiger partial charge on any atom is -0.480 e. The summed E-state index contributed by atoms with van der Waals surface area (Å²) in [5.74, 6) is -0.869. The third-order valence-electron chi connectivity index (χ3n) is 2.74. The zero-order valence-electron chi connectivity index (χ0n) is 11.7. The predicted octanol–water partition coefficient (Wildman–Crippen LogP) is 0.657. The zero-order chi connectivity index (χ0) is 15.3. The number of nitro groups is 1. The van der Waals surface area contributed by atoms with Gasteiger partial charge in [0.05, 0.1) is 11.5 Å². The van der Waals surface area contributed by atoms with Crippen LogP contribution in [0, 0.1) is 17.0 Å². The molecule has 1 N–H and O–H groups in total. The Labute approximate surface area is 115 Å². The number of aliphatic carboxylic acids is 1. The molecule has 0 aliphatic rings. The predicted molar refractivity (Wildman–Crippen MR) is 71.0 cm³/mol. The summed E-state index contributed by atoms with van der Waals surface area (Å²) >= 11 is 0. The summed E-state index contributed by atoms with van der Waals surface area (Å²) in [4.78, 5) is 23.0. The summed E-state index contributed by atoms with van der Waals surface area (Å²) in [5, 5.41) is 24.2. The summed E-state index contributed by atoms with van der Waals surface area (Å²) in [6, 6.07) is 0. The van der Waals surface area contributed by atoms with Crippen LogP contribution in [0.25, 0.3) is 0 Å². The lowest BCUT2D eigenvalue weighted by atomic mass is 10.3. The van der Waals surface area contributed by atoms with E-state index < -0.39 is 10.9 Å². The number of carboxylic acids is 1. The van der Waals surface area contributed by atoms with Crippen LogP contribution in [0.3, 0.4) is 0 Å². The van der Waals surface area contributed by atoms with E-state index in [0.717, 1.165) is 0 Å². The highest BCUT2D eigenvalue weighted by Crippen LogP contribution is 2.31. The van der Waals surface area contributed by atoms with Crippen LogP contribution in [-0.2, 0) is 16.1 Å². The van der Waals surface area contributed by atoms with E-state index in [4.69, 9.17) is 9.84 Å². The van der Waals surface area contributed by atoms with Crippen LogP contribution < -0.4 is 4.90 Å². The molecule has 0 aliphatic heterocycles. The lowest BCUT2D eigenvalue weighted by molar-refractivity contribution is -0.384. The van der Waals surface area contributed by atoms with Gasteiger partial charge in [0.2, 0.25) is 5.82 Å². The summed E-state index contributed by atoms with van der Waals surface area (Å²) in [6.45, 7) is 3.87. The molecule has 0 aromatic carbocycles. The van der Waals surface area contributed by atoms with Crippen LogP contribution in [0.5, 0.6) is 0 Å². The molecule has 1 heterocycles. The molecule has 0 saturated carbocycles. The van der Waals surface area contributed by atoms with E-state index in [2.05, 4.69) is 5.10 Å². The first-order chi connectivity index (χ1) is 9.42. The summed E-state index contributed by atoms with van der Waals surface area (Å²) in [6.07, 6.45) is 0. The van der Waals surface area contributed by atoms with Gasteiger partial charge < -0.3 is 14.7 Å². The maximum Gasteiger partial charge on any atom is 0.333 e. The second kappa shape index (κ2) is 6.85. The number of aryl methyl sites for hydroxylation is 2.